The van der Waals surface area contributed by atoms with Gasteiger partial charge in [0.25, 0.3) is 0 Å². The molecule has 0 unspecified atom stereocenters. The summed E-state index contributed by atoms with van der Waals surface area (Å²) in [4.78, 5) is 9.26. The summed E-state index contributed by atoms with van der Waals surface area (Å²) in [5, 5.41) is 11.2. The van der Waals surface area contributed by atoms with Crippen molar-refractivity contribution in [3.05, 3.63) is 70.7 Å². The summed E-state index contributed by atoms with van der Waals surface area (Å²) in [5.41, 5.74) is 5.37. The second-order valence-corrected chi connectivity index (χ2v) is 7.46. The third-order valence-electron chi connectivity index (χ3n) is 4.77. The van der Waals surface area contributed by atoms with Crippen molar-refractivity contribution < 1.29 is 4.74 Å². The minimum absolute atomic E-state index is 0. The monoisotopic (exact) mass is 548 g/mol. The van der Waals surface area contributed by atoms with Gasteiger partial charge in [0.2, 0.25) is 0 Å². The number of nitrogens with zero attached hydrogens (tertiary/aromatic N) is 4. The summed E-state index contributed by atoms with van der Waals surface area (Å²) in [6, 6.07) is 12.3. The number of aryl methyl sites for hydroxylation is 3. The number of aliphatic imine (C=N–C) groups is 1. The van der Waals surface area contributed by atoms with Gasteiger partial charge in [0, 0.05) is 30.5 Å². The van der Waals surface area contributed by atoms with Crippen LogP contribution in [0.1, 0.15) is 41.9 Å². The number of hydrogen-bond donors (Lipinski definition) is 2. The molecule has 0 radical (unpaired) electrons. The van der Waals surface area contributed by atoms with Gasteiger partial charge in [0.15, 0.2) is 11.8 Å². The lowest BCUT2D eigenvalue weighted by molar-refractivity contribution is 0.336. The van der Waals surface area contributed by atoms with Crippen LogP contribution in [0.25, 0.3) is 5.82 Å². The quantitative estimate of drug-likeness (QED) is 0.247. The molecule has 0 saturated carbocycles. The smallest absolute Gasteiger partial charge is 0.191 e. The first-order chi connectivity index (χ1) is 15.0. The lowest BCUT2D eigenvalue weighted by atomic mass is 10.1. The lowest BCUT2D eigenvalue weighted by Crippen LogP contribution is -2.36. The molecule has 0 bridgehead atoms. The SMILES string of the molecule is CCNC(=NCc1ccc(-n2nc(C)cc2C)nc1)NCc1ccc(C)cc1OCC.I. The van der Waals surface area contributed by atoms with Gasteiger partial charge in [-0.15, -0.1) is 24.0 Å². The fourth-order valence-corrected chi connectivity index (χ4v) is 3.29. The Morgan fingerprint density at radius 2 is 1.88 bits per heavy atom. The zero-order chi connectivity index (χ0) is 22.2. The molecule has 0 aliphatic rings. The van der Waals surface area contributed by atoms with Gasteiger partial charge in [-0.2, -0.15) is 5.10 Å². The van der Waals surface area contributed by atoms with E-state index in [1.54, 1.807) is 0 Å². The maximum absolute atomic E-state index is 5.78. The molecule has 3 rings (SSSR count). The molecular formula is C24H33IN6O. The number of rotatable bonds is 8. The van der Waals surface area contributed by atoms with E-state index >= 15 is 0 Å². The molecule has 0 amide bonds. The van der Waals surface area contributed by atoms with Crippen molar-refractivity contribution in [1.29, 1.82) is 0 Å². The molecule has 32 heavy (non-hydrogen) atoms. The summed E-state index contributed by atoms with van der Waals surface area (Å²) in [5.74, 6) is 2.48. The molecule has 0 atom stereocenters. The average molecular weight is 548 g/mol. The minimum Gasteiger partial charge on any atom is -0.494 e. The van der Waals surface area contributed by atoms with Crippen molar-refractivity contribution >= 4 is 29.9 Å². The highest BCUT2D eigenvalue weighted by Crippen LogP contribution is 2.20. The van der Waals surface area contributed by atoms with Crippen molar-refractivity contribution in [3.8, 4) is 11.6 Å². The molecule has 2 aromatic heterocycles. The summed E-state index contributed by atoms with van der Waals surface area (Å²) in [7, 11) is 0. The highest BCUT2D eigenvalue weighted by Gasteiger charge is 2.07. The molecule has 7 nitrogen and oxygen atoms in total. The number of nitrogens with one attached hydrogen (secondary N) is 2. The molecule has 172 valence electrons. The van der Waals surface area contributed by atoms with Crippen molar-refractivity contribution in [2.24, 2.45) is 4.99 Å². The van der Waals surface area contributed by atoms with Gasteiger partial charge in [0.05, 0.1) is 18.8 Å². The first-order valence-corrected chi connectivity index (χ1v) is 10.7. The Morgan fingerprint density at radius 1 is 1.06 bits per heavy atom. The van der Waals surface area contributed by atoms with E-state index in [1.165, 1.54) is 5.56 Å². The van der Waals surface area contributed by atoms with Crippen LogP contribution in [0.4, 0.5) is 0 Å². The Labute approximate surface area is 207 Å². The topological polar surface area (TPSA) is 76.4 Å². The van der Waals surface area contributed by atoms with Crippen LogP contribution < -0.4 is 15.4 Å². The molecule has 8 heteroatoms. The number of pyridine rings is 1. The summed E-state index contributed by atoms with van der Waals surface area (Å²) in [6.45, 7) is 12.7. The van der Waals surface area contributed by atoms with E-state index in [2.05, 4.69) is 52.8 Å². The molecule has 3 aromatic rings. The van der Waals surface area contributed by atoms with Gasteiger partial charge in [-0.1, -0.05) is 18.2 Å². The second-order valence-electron chi connectivity index (χ2n) is 7.46. The Morgan fingerprint density at radius 3 is 2.50 bits per heavy atom. The first-order valence-electron chi connectivity index (χ1n) is 10.7. The molecule has 2 N–H and O–H groups in total. The van der Waals surface area contributed by atoms with E-state index in [4.69, 9.17) is 9.73 Å². The van der Waals surface area contributed by atoms with Crippen molar-refractivity contribution in [1.82, 2.24) is 25.4 Å². The van der Waals surface area contributed by atoms with Crippen molar-refractivity contribution in [2.45, 2.75) is 47.7 Å². The zero-order valence-electron chi connectivity index (χ0n) is 19.5. The van der Waals surface area contributed by atoms with Gasteiger partial charge in [0.1, 0.15) is 5.75 Å². The fourth-order valence-electron chi connectivity index (χ4n) is 3.29. The van der Waals surface area contributed by atoms with E-state index < -0.39 is 0 Å². The van der Waals surface area contributed by atoms with E-state index in [9.17, 15) is 0 Å². The Bertz CT molecular complexity index is 1030. The zero-order valence-corrected chi connectivity index (χ0v) is 21.8. The standard InChI is InChI=1S/C24H32N6O.HI/c1-6-25-24(28-16-21-10-8-17(3)12-22(21)31-7-2)27-15-20-9-11-23(26-14-20)30-19(5)13-18(4)29-30;/h8-14H,6-7,15-16H2,1-5H3,(H2,25,27,28);1H. The van der Waals surface area contributed by atoms with Crippen LogP contribution in [0, 0.1) is 20.8 Å². The molecule has 0 fully saturated rings. The number of hydrogen-bond acceptors (Lipinski definition) is 4. The van der Waals surface area contributed by atoms with Crippen molar-refractivity contribution in [3.63, 3.8) is 0 Å². The van der Waals surface area contributed by atoms with Gasteiger partial charge in [-0.05, 0) is 63.9 Å². The lowest BCUT2D eigenvalue weighted by Gasteiger charge is -2.15. The van der Waals surface area contributed by atoms with Crippen LogP contribution >= 0.6 is 24.0 Å². The number of guanidine groups is 1. The predicted octanol–water partition coefficient (Wildman–Crippen LogP) is 4.46. The molecule has 1 aromatic carbocycles. The Kier molecular flexibility index (Phi) is 9.96. The summed E-state index contributed by atoms with van der Waals surface area (Å²) >= 11 is 0. The number of benzene rings is 1. The Balaban J connectivity index is 0.00000363. The highest BCUT2D eigenvalue weighted by molar-refractivity contribution is 14.0. The maximum Gasteiger partial charge on any atom is 0.191 e. The van der Waals surface area contributed by atoms with E-state index in [0.29, 0.717) is 19.7 Å². The largest absolute Gasteiger partial charge is 0.494 e. The molecular weight excluding hydrogens is 515 g/mol. The highest BCUT2D eigenvalue weighted by atomic mass is 127. The van der Waals surface area contributed by atoms with Gasteiger partial charge < -0.3 is 15.4 Å². The van der Waals surface area contributed by atoms with Gasteiger partial charge in [-0.3, -0.25) is 0 Å². The van der Waals surface area contributed by atoms with Crippen LogP contribution in [0.3, 0.4) is 0 Å². The number of aromatic nitrogens is 3. The third kappa shape index (κ3) is 6.94. The van der Waals surface area contributed by atoms with Crippen LogP contribution in [-0.2, 0) is 13.1 Å². The van der Waals surface area contributed by atoms with E-state index in [1.807, 2.05) is 49.8 Å². The summed E-state index contributed by atoms with van der Waals surface area (Å²) < 4.78 is 7.63. The fraction of sp³-hybridized carbons (Fsp3) is 0.375. The Hall–Kier alpha value is -2.62. The predicted molar refractivity (Wildman–Crippen MR) is 140 cm³/mol. The molecule has 0 aliphatic carbocycles. The molecule has 0 aliphatic heterocycles. The number of halogens is 1. The van der Waals surface area contributed by atoms with Gasteiger partial charge in [-0.25, -0.2) is 14.7 Å². The average Bonchev–Trinajstić information content (AvgIpc) is 3.09. The van der Waals surface area contributed by atoms with Crippen LogP contribution in [-0.4, -0.2) is 33.9 Å². The minimum atomic E-state index is 0. The number of ether oxygens (including phenoxy) is 1. The van der Waals surface area contributed by atoms with E-state index in [-0.39, 0.29) is 24.0 Å². The molecule has 0 spiro atoms. The van der Waals surface area contributed by atoms with Crippen LogP contribution in [0.5, 0.6) is 5.75 Å². The van der Waals surface area contributed by atoms with Crippen LogP contribution in [0.15, 0.2) is 47.6 Å². The second kappa shape index (κ2) is 12.4. The van der Waals surface area contributed by atoms with Crippen molar-refractivity contribution in [2.75, 3.05) is 13.2 Å². The molecule has 2 heterocycles. The first kappa shape index (κ1) is 25.6. The van der Waals surface area contributed by atoms with Gasteiger partial charge >= 0.3 is 0 Å². The van der Waals surface area contributed by atoms with E-state index in [0.717, 1.165) is 46.6 Å². The summed E-state index contributed by atoms with van der Waals surface area (Å²) in [6.07, 6.45) is 1.85. The molecule has 0 saturated heterocycles. The maximum atomic E-state index is 5.78. The van der Waals surface area contributed by atoms with Crippen LogP contribution in [0.2, 0.25) is 0 Å². The third-order valence-corrected chi connectivity index (χ3v) is 4.77. The normalized spacial score (nSPS) is 11.1.